The standard InChI is InChI=1S/C13H20O2/c1-10(2)14-5-6-15-13-8-11(3)7-12(4)9-13/h7-10H,5-6H2,1-4H3. The minimum Gasteiger partial charge on any atom is -0.491 e. The third kappa shape index (κ3) is 4.84. The van der Waals surface area contributed by atoms with Gasteiger partial charge in [-0.15, -0.1) is 0 Å². The van der Waals surface area contributed by atoms with Crippen LogP contribution in [0.3, 0.4) is 0 Å². The summed E-state index contributed by atoms with van der Waals surface area (Å²) in [6, 6.07) is 6.22. The fraction of sp³-hybridized carbons (Fsp3) is 0.538. The summed E-state index contributed by atoms with van der Waals surface area (Å²) < 4.78 is 11.0. The van der Waals surface area contributed by atoms with Crippen molar-refractivity contribution >= 4 is 0 Å². The number of ether oxygens (including phenoxy) is 2. The molecule has 0 fully saturated rings. The van der Waals surface area contributed by atoms with Crippen LogP contribution < -0.4 is 4.74 Å². The van der Waals surface area contributed by atoms with Crippen molar-refractivity contribution in [2.75, 3.05) is 13.2 Å². The molecule has 1 aromatic carbocycles. The zero-order chi connectivity index (χ0) is 11.3. The van der Waals surface area contributed by atoms with Crippen LogP contribution in [0, 0.1) is 13.8 Å². The van der Waals surface area contributed by atoms with Crippen LogP contribution in [0.15, 0.2) is 18.2 Å². The van der Waals surface area contributed by atoms with Crippen molar-refractivity contribution in [1.29, 1.82) is 0 Å². The second-order valence-corrected chi connectivity index (χ2v) is 4.09. The number of rotatable bonds is 5. The van der Waals surface area contributed by atoms with Gasteiger partial charge in [-0.05, 0) is 51.0 Å². The summed E-state index contributed by atoms with van der Waals surface area (Å²) in [7, 11) is 0. The molecule has 0 heterocycles. The summed E-state index contributed by atoms with van der Waals surface area (Å²) in [5.74, 6) is 0.930. The van der Waals surface area contributed by atoms with Gasteiger partial charge in [0.1, 0.15) is 12.4 Å². The Kier molecular flexibility index (Phi) is 4.63. The summed E-state index contributed by atoms with van der Waals surface area (Å²) in [5, 5.41) is 0. The van der Waals surface area contributed by atoms with E-state index in [2.05, 4.69) is 19.9 Å². The van der Waals surface area contributed by atoms with Crippen LogP contribution in [-0.4, -0.2) is 19.3 Å². The average molecular weight is 208 g/mol. The van der Waals surface area contributed by atoms with Crippen LogP contribution in [0.4, 0.5) is 0 Å². The molecule has 84 valence electrons. The number of aryl methyl sites for hydroxylation is 2. The molecule has 0 saturated carbocycles. The summed E-state index contributed by atoms with van der Waals surface area (Å²) in [6.45, 7) is 9.45. The van der Waals surface area contributed by atoms with E-state index in [-0.39, 0.29) is 6.10 Å². The van der Waals surface area contributed by atoms with Gasteiger partial charge in [0.05, 0.1) is 12.7 Å². The Morgan fingerprint density at radius 3 is 2.13 bits per heavy atom. The summed E-state index contributed by atoms with van der Waals surface area (Å²) in [4.78, 5) is 0. The summed E-state index contributed by atoms with van der Waals surface area (Å²) in [6.07, 6.45) is 0.271. The Bertz CT molecular complexity index is 285. The van der Waals surface area contributed by atoms with E-state index < -0.39 is 0 Å². The zero-order valence-corrected chi connectivity index (χ0v) is 10.0. The Hall–Kier alpha value is -1.02. The van der Waals surface area contributed by atoms with E-state index in [0.29, 0.717) is 13.2 Å². The quantitative estimate of drug-likeness (QED) is 0.692. The SMILES string of the molecule is Cc1cc(C)cc(OCCOC(C)C)c1. The lowest BCUT2D eigenvalue weighted by Gasteiger charge is -2.10. The Labute approximate surface area is 92.2 Å². The van der Waals surface area contributed by atoms with Crippen molar-refractivity contribution in [3.05, 3.63) is 29.3 Å². The molecule has 0 saturated heterocycles. The van der Waals surface area contributed by atoms with E-state index >= 15 is 0 Å². The van der Waals surface area contributed by atoms with Gasteiger partial charge in [-0.3, -0.25) is 0 Å². The van der Waals surface area contributed by atoms with Crippen molar-refractivity contribution in [2.45, 2.75) is 33.8 Å². The van der Waals surface area contributed by atoms with E-state index in [0.717, 1.165) is 5.75 Å². The Morgan fingerprint density at radius 2 is 1.60 bits per heavy atom. The molecule has 0 unspecified atom stereocenters. The molecule has 0 aromatic heterocycles. The molecule has 0 atom stereocenters. The third-order valence-corrected chi connectivity index (χ3v) is 2.00. The Balaban J connectivity index is 2.37. The predicted octanol–water partition coefficient (Wildman–Crippen LogP) is 3.11. The molecule has 0 aliphatic heterocycles. The normalized spacial score (nSPS) is 10.7. The zero-order valence-electron chi connectivity index (χ0n) is 10.0. The smallest absolute Gasteiger partial charge is 0.119 e. The average Bonchev–Trinajstić information content (AvgIpc) is 2.10. The number of benzene rings is 1. The molecule has 15 heavy (non-hydrogen) atoms. The minimum atomic E-state index is 0.271. The summed E-state index contributed by atoms with van der Waals surface area (Å²) in [5.41, 5.74) is 2.46. The Morgan fingerprint density at radius 1 is 1.00 bits per heavy atom. The molecule has 0 spiro atoms. The molecule has 2 nitrogen and oxygen atoms in total. The molecule has 0 bridgehead atoms. The van der Waals surface area contributed by atoms with Crippen LogP contribution >= 0.6 is 0 Å². The first-order chi connectivity index (χ1) is 7.08. The fourth-order valence-electron chi connectivity index (χ4n) is 1.46. The molecular formula is C13H20O2. The highest BCUT2D eigenvalue weighted by Gasteiger charge is 1.97. The lowest BCUT2D eigenvalue weighted by molar-refractivity contribution is 0.0552. The van der Waals surface area contributed by atoms with Gasteiger partial charge in [0.2, 0.25) is 0 Å². The highest BCUT2D eigenvalue weighted by atomic mass is 16.5. The molecule has 0 N–H and O–H groups in total. The maximum absolute atomic E-state index is 5.59. The lowest BCUT2D eigenvalue weighted by Crippen LogP contribution is -2.11. The van der Waals surface area contributed by atoms with Crippen molar-refractivity contribution in [2.24, 2.45) is 0 Å². The van der Waals surface area contributed by atoms with E-state index in [4.69, 9.17) is 9.47 Å². The molecule has 1 rings (SSSR count). The van der Waals surface area contributed by atoms with Gasteiger partial charge in [-0.2, -0.15) is 0 Å². The molecule has 1 aromatic rings. The molecular weight excluding hydrogens is 188 g/mol. The van der Waals surface area contributed by atoms with Crippen LogP contribution in [0.5, 0.6) is 5.75 Å². The fourth-order valence-corrected chi connectivity index (χ4v) is 1.46. The van der Waals surface area contributed by atoms with E-state index in [9.17, 15) is 0 Å². The third-order valence-electron chi connectivity index (χ3n) is 2.00. The van der Waals surface area contributed by atoms with Crippen molar-refractivity contribution < 1.29 is 9.47 Å². The lowest BCUT2D eigenvalue weighted by atomic mass is 10.1. The highest BCUT2D eigenvalue weighted by Crippen LogP contribution is 2.15. The van der Waals surface area contributed by atoms with E-state index in [1.807, 2.05) is 26.0 Å². The molecule has 0 amide bonds. The maximum Gasteiger partial charge on any atom is 0.119 e. The van der Waals surface area contributed by atoms with Crippen molar-refractivity contribution in [3.63, 3.8) is 0 Å². The van der Waals surface area contributed by atoms with E-state index in [1.165, 1.54) is 11.1 Å². The monoisotopic (exact) mass is 208 g/mol. The van der Waals surface area contributed by atoms with Gasteiger partial charge < -0.3 is 9.47 Å². The minimum absolute atomic E-state index is 0.271. The van der Waals surface area contributed by atoms with Gasteiger partial charge in [0.15, 0.2) is 0 Å². The topological polar surface area (TPSA) is 18.5 Å². The van der Waals surface area contributed by atoms with E-state index in [1.54, 1.807) is 0 Å². The second kappa shape index (κ2) is 5.76. The van der Waals surface area contributed by atoms with Crippen LogP contribution in [0.25, 0.3) is 0 Å². The first kappa shape index (κ1) is 12.1. The van der Waals surface area contributed by atoms with Crippen LogP contribution in [0.1, 0.15) is 25.0 Å². The number of hydrogen-bond acceptors (Lipinski definition) is 2. The van der Waals surface area contributed by atoms with Gasteiger partial charge >= 0.3 is 0 Å². The van der Waals surface area contributed by atoms with Gasteiger partial charge in [-0.1, -0.05) is 6.07 Å². The van der Waals surface area contributed by atoms with Gasteiger partial charge in [0, 0.05) is 0 Å². The van der Waals surface area contributed by atoms with Crippen molar-refractivity contribution in [3.8, 4) is 5.75 Å². The molecule has 0 aliphatic carbocycles. The first-order valence-corrected chi connectivity index (χ1v) is 5.40. The summed E-state index contributed by atoms with van der Waals surface area (Å²) >= 11 is 0. The van der Waals surface area contributed by atoms with Crippen LogP contribution in [-0.2, 0) is 4.74 Å². The molecule has 0 radical (unpaired) electrons. The van der Waals surface area contributed by atoms with Gasteiger partial charge in [-0.25, -0.2) is 0 Å². The van der Waals surface area contributed by atoms with Gasteiger partial charge in [0.25, 0.3) is 0 Å². The number of hydrogen-bond donors (Lipinski definition) is 0. The first-order valence-electron chi connectivity index (χ1n) is 5.40. The highest BCUT2D eigenvalue weighted by molar-refractivity contribution is 5.32. The predicted molar refractivity (Wildman–Crippen MR) is 62.5 cm³/mol. The van der Waals surface area contributed by atoms with Crippen molar-refractivity contribution in [1.82, 2.24) is 0 Å². The maximum atomic E-state index is 5.59. The second-order valence-electron chi connectivity index (χ2n) is 4.09. The molecule has 0 aliphatic rings. The largest absolute Gasteiger partial charge is 0.491 e. The van der Waals surface area contributed by atoms with Crippen LogP contribution in [0.2, 0.25) is 0 Å². The molecule has 2 heteroatoms.